The van der Waals surface area contributed by atoms with E-state index in [-0.39, 0.29) is 18.2 Å². The molecule has 0 radical (unpaired) electrons. The van der Waals surface area contributed by atoms with Crippen molar-refractivity contribution in [3.05, 3.63) is 23.8 Å². The molecule has 0 bridgehead atoms. The standard InChI is InChI=1S/C19H27NO6/c1-24-15-9-8-13(16(11-15)25-2)5-3-7-17(21)20-18(19(22)23)14-6-4-10-26-12-14/h8-9,11,14,18H,3-7,10,12H2,1-2H3,(H,20,21)(H,22,23). The molecule has 1 aromatic rings. The van der Waals surface area contributed by atoms with Gasteiger partial charge in [0.1, 0.15) is 17.5 Å². The van der Waals surface area contributed by atoms with Crippen molar-refractivity contribution in [2.45, 2.75) is 38.1 Å². The highest BCUT2D eigenvalue weighted by Crippen LogP contribution is 2.26. The third-order valence-electron chi connectivity index (χ3n) is 4.59. The van der Waals surface area contributed by atoms with Gasteiger partial charge in [-0.1, -0.05) is 6.07 Å². The van der Waals surface area contributed by atoms with Gasteiger partial charge in [0, 0.05) is 25.0 Å². The highest BCUT2D eigenvalue weighted by molar-refractivity contribution is 5.83. The van der Waals surface area contributed by atoms with Gasteiger partial charge >= 0.3 is 5.97 Å². The molecule has 1 aliphatic rings. The summed E-state index contributed by atoms with van der Waals surface area (Å²) in [6, 6.07) is 4.67. The van der Waals surface area contributed by atoms with E-state index in [2.05, 4.69) is 5.32 Å². The van der Waals surface area contributed by atoms with E-state index in [1.807, 2.05) is 12.1 Å². The molecule has 1 fully saturated rings. The Bertz CT molecular complexity index is 612. The Hall–Kier alpha value is -2.28. The Balaban J connectivity index is 1.85. The van der Waals surface area contributed by atoms with Crippen LogP contribution in [0.1, 0.15) is 31.2 Å². The number of benzene rings is 1. The Morgan fingerprint density at radius 3 is 2.77 bits per heavy atom. The highest BCUT2D eigenvalue weighted by Gasteiger charge is 2.31. The first-order valence-corrected chi connectivity index (χ1v) is 8.86. The summed E-state index contributed by atoms with van der Waals surface area (Å²) in [5.74, 6) is -0.0112. The van der Waals surface area contributed by atoms with Gasteiger partial charge in [0.05, 0.1) is 20.8 Å². The van der Waals surface area contributed by atoms with Gasteiger partial charge < -0.3 is 24.6 Å². The van der Waals surface area contributed by atoms with Crippen molar-refractivity contribution in [2.24, 2.45) is 5.92 Å². The molecule has 0 spiro atoms. The molecule has 0 saturated carbocycles. The lowest BCUT2D eigenvalue weighted by Gasteiger charge is -2.28. The zero-order valence-electron chi connectivity index (χ0n) is 15.3. The van der Waals surface area contributed by atoms with Gasteiger partial charge in [-0.25, -0.2) is 4.79 Å². The highest BCUT2D eigenvalue weighted by atomic mass is 16.5. The summed E-state index contributed by atoms with van der Waals surface area (Å²) in [4.78, 5) is 23.7. The summed E-state index contributed by atoms with van der Waals surface area (Å²) < 4.78 is 15.9. The van der Waals surface area contributed by atoms with Crippen LogP contribution in [-0.4, -0.2) is 50.5 Å². The van der Waals surface area contributed by atoms with Gasteiger partial charge in [-0.3, -0.25) is 4.79 Å². The van der Waals surface area contributed by atoms with E-state index in [4.69, 9.17) is 14.2 Å². The first-order chi connectivity index (χ1) is 12.5. The lowest BCUT2D eigenvalue weighted by atomic mass is 9.93. The zero-order chi connectivity index (χ0) is 18.9. The van der Waals surface area contributed by atoms with E-state index >= 15 is 0 Å². The molecular formula is C19H27NO6. The molecule has 1 heterocycles. The molecule has 7 heteroatoms. The fourth-order valence-corrected chi connectivity index (χ4v) is 3.15. The van der Waals surface area contributed by atoms with Crippen LogP contribution in [0, 0.1) is 5.92 Å². The Labute approximate surface area is 153 Å². The van der Waals surface area contributed by atoms with Crippen LogP contribution in [0.3, 0.4) is 0 Å². The smallest absolute Gasteiger partial charge is 0.326 e. The van der Waals surface area contributed by atoms with Crippen molar-refractivity contribution in [1.82, 2.24) is 5.32 Å². The molecule has 2 rings (SSSR count). The van der Waals surface area contributed by atoms with E-state index in [9.17, 15) is 14.7 Å². The normalized spacial score (nSPS) is 18.0. The predicted molar refractivity (Wildman–Crippen MR) is 95.6 cm³/mol. The van der Waals surface area contributed by atoms with Crippen molar-refractivity contribution in [1.29, 1.82) is 0 Å². The number of ether oxygens (including phenoxy) is 3. The largest absolute Gasteiger partial charge is 0.497 e. The van der Waals surface area contributed by atoms with E-state index in [0.29, 0.717) is 37.6 Å². The number of nitrogens with one attached hydrogen (secondary N) is 1. The van der Waals surface area contributed by atoms with E-state index in [1.54, 1.807) is 20.3 Å². The number of carbonyl (C=O) groups excluding carboxylic acids is 1. The van der Waals surface area contributed by atoms with Gasteiger partial charge in [-0.15, -0.1) is 0 Å². The van der Waals surface area contributed by atoms with Crippen molar-refractivity contribution in [3.63, 3.8) is 0 Å². The third-order valence-corrected chi connectivity index (χ3v) is 4.59. The molecule has 144 valence electrons. The number of amides is 1. The van der Waals surface area contributed by atoms with Gasteiger partial charge in [-0.05, 0) is 37.3 Å². The van der Waals surface area contributed by atoms with E-state index in [1.165, 1.54) is 0 Å². The molecule has 1 amide bonds. The Kier molecular flexibility index (Phi) is 7.72. The van der Waals surface area contributed by atoms with Crippen molar-refractivity contribution in [2.75, 3.05) is 27.4 Å². The van der Waals surface area contributed by atoms with Crippen molar-refractivity contribution >= 4 is 11.9 Å². The molecule has 2 atom stereocenters. The van der Waals surface area contributed by atoms with Crippen LogP contribution in [0.5, 0.6) is 11.5 Å². The molecule has 2 unspecified atom stereocenters. The van der Waals surface area contributed by atoms with E-state index in [0.717, 1.165) is 18.4 Å². The number of hydrogen-bond donors (Lipinski definition) is 2. The third kappa shape index (κ3) is 5.62. The zero-order valence-corrected chi connectivity index (χ0v) is 15.3. The monoisotopic (exact) mass is 365 g/mol. The van der Waals surface area contributed by atoms with Crippen molar-refractivity contribution < 1.29 is 28.9 Å². The first kappa shape index (κ1) is 20.0. The number of methoxy groups -OCH3 is 2. The lowest BCUT2D eigenvalue weighted by molar-refractivity contribution is -0.145. The van der Waals surface area contributed by atoms with Crippen LogP contribution in [0.4, 0.5) is 0 Å². The molecule has 1 aromatic carbocycles. The SMILES string of the molecule is COc1ccc(CCCC(=O)NC(C(=O)O)C2CCCOC2)c(OC)c1. The minimum absolute atomic E-state index is 0.174. The average Bonchev–Trinajstić information content (AvgIpc) is 2.66. The number of rotatable bonds is 9. The second-order valence-corrected chi connectivity index (χ2v) is 6.39. The number of carboxylic acid groups (broad SMARTS) is 1. The van der Waals surface area contributed by atoms with Crippen LogP contribution in [0.25, 0.3) is 0 Å². The second-order valence-electron chi connectivity index (χ2n) is 6.39. The maximum Gasteiger partial charge on any atom is 0.326 e. The minimum atomic E-state index is -1.01. The molecule has 26 heavy (non-hydrogen) atoms. The number of hydrogen-bond acceptors (Lipinski definition) is 5. The van der Waals surface area contributed by atoms with Crippen molar-refractivity contribution in [3.8, 4) is 11.5 Å². The summed E-state index contributed by atoms with van der Waals surface area (Å²) in [5.41, 5.74) is 0.983. The summed E-state index contributed by atoms with van der Waals surface area (Å²) in [6.45, 7) is 1.03. The molecule has 1 saturated heterocycles. The topological polar surface area (TPSA) is 94.1 Å². The summed E-state index contributed by atoms with van der Waals surface area (Å²) >= 11 is 0. The van der Waals surface area contributed by atoms with E-state index < -0.39 is 12.0 Å². The predicted octanol–water partition coefficient (Wildman–Crippen LogP) is 2.02. The average molecular weight is 365 g/mol. The van der Waals surface area contributed by atoms with Crippen LogP contribution >= 0.6 is 0 Å². The number of aryl methyl sites for hydroxylation is 1. The number of carbonyl (C=O) groups is 2. The number of aliphatic carboxylic acids is 1. The quantitative estimate of drug-likeness (QED) is 0.695. The maximum atomic E-state index is 12.2. The molecule has 0 aromatic heterocycles. The van der Waals surface area contributed by atoms with Gasteiger partial charge in [0.15, 0.2) is 0 Å². The summed E-state index contributed by atoms with van der Waals surface area (Å²) in [7, 11) is 3.18. The Morgan fingerprint density at radius 1 is 1.35 bits per heavy atom. The Morgan fingerprint density at radius 2 is 2.15 bits per heavy atom. The van der Waals surface area contributed by atoms with Crippen LogP contribution in [-0.2, 0) is 20.7 Å². The van der Waals surface area contributed by atoms with Gasteiger partial charge in [0.2, 0.25) is 5.91 Å². The van der Waals surface area contributed by atoms with Gasteiger partial charge in [0.25, 0.3) is 0 Å². The minimum Gasteiger partial charge on any atom is -0.497 e. The van der Waals surface area contributed by atoms with Crippen LogP contribution in [0.2, 0.25) is 0 Å². The lowest BCUT2D eigenvalue weighted by Crippen LogP contribution is -2.48. The van der Waals surface area contributed by atoms with Crippen LogP contribution in [0.15, 0.2) is 18.2 Å². The molecule has 7 nitrogen and oxygen atoms in total. The second kappa shape index (κ2) is 10.0. The summed E-state index contributed by atoms with van der Waals surface area (Å²) in [5, 5.41) is 12.0. The fraction of sp³-hybridized carbons (Fsp3) is 0.579. The number of carboxylic acids is 1. The summed E-state index contributed by atoms with van der Waals surface area (Å²) in [6.07, 6.45) is 3.08. The van der Waals surface area contributed by atoms with Crippen LogP contribution < -0.4 is 14.8 Å². The first-order valence-electron chi connectivity index (χ1n) is 8.86. The molecule has 2 N–H and O–H groups in total. The molecule has 1 aliphatic heterocycles. The van der Waals surface area contributed by atoms with Gasteiger partial charge in [-0.2, -0.15) is 0 Å². The molecular weight excluding hydrogens is 338 g/mol. The molecule has 0 aliphatic carbocycles. The maximum absolute atomic E-state index is 12.2. The fourth-order valence-electron chi connectivity index (χ4n) is 3.15.